The molecule has 0 N–H and O–H groups in total. The van der Waals surface area contributed by atoms with E-state index >= 15 is 0 Å². The zero-order chi connectivity index (χ0) is 17.9. The van der Waals surface area contributed by atoms with Gasteiger partial charge >= 0.3 is 184 Å². The number of hydrogen-bond donors (Lipinski definition) is 0. The maximum absolute atomic E-state index is 8.58. The number of hydrogen-bond acceptors (Lipinski definition) is 15. The molecule has 0 saturated carbocycles. The van der Waals surface area contributed by atoms with Gasteiger partial charge in [0.05, 0.1) is 0 Å². The van der Waals surface area contributed by atoms with Crippen LogP contribution >= 0.6 is 0 Å². The Morgan fingerprint density at radius 2 is 0.318 bits per heavy atom. The van der Waals surface area contributed by atoms with Crippen LogP contribution in [0.4, 0.5) is 0 Å². The van der Waals surface area contributed by atoms with E-state index in [1.54, 1.807) is 0 Å². The Balaban J connectivity index is -0.0000000250. The van der Waals surface area contributed by atoms with Crippen LogP contribution in [0.25, 0.3) is 0 Å². The average molecular weight is 581 g/mol. The quantitative estimate of drug-likeness (QED) is 0.240. The summed E-state index contributed by atoms with van der Waals surface area (Å²) in [6.07, 6.45) is 0. The molecule has 0 bridgehead atoms. The molecule has 0 aromatic carbocycles. The van der Waals surface area contributed by atoms with Gasteiger partial charge in [0.15, 0.2) is 0 Å². The molecule has 0 unspecified atom stereocenters. The van der Waals surface area contributed by atoms with Crippen molar-refractivity contribution in [3.05, 3.63) is 0 Å². The predicted molar refractivity (Wildman–Crippen MR) is 3.43 cm³/mol. The van der Waals surface area contributed by atoms with Crippen molar-refractivity contribution in [1.29, 1.82) is 0 Å². The Bertz CT molecular complexity index is 211. The average Bonchev–Trinajstić information content (AvgIpc) is 1.94. The van der Waals surface area contributed by atoms with Crippen LogP contribution in [0.3, 0.4) is 0 Å². The molecule has 0 radical (unpaired) electrons. The van der Waals surface area contributed by atoms with Gasteiger partial charge in [-0.1, -0.05) is 0 Å². The van der Waals surface area contributed by atoms with E-state index in [1.165, 1.54) is 0 Å². The molecular weight excluding hydrogens is 581 g/mol. The van der Waals surface area contributed by atoms with Crippen LogP contribution in [0.1, 0.15) is 0 Å². The van der Waals surface area contributed by atoms with Crippen LogP contribution in [0.5, 0.6) is 0 Å². The zero-order valence-corrected chi connectivity index (χ0v) is 20.1. The van der Waals surface area contributed by atoms with E-state index in [2.05, 4.69) is 0 Å². The standard InChI is InChI=1S/15O.5Ti.2V/q;;;;;10*-1;;;;;;2*+5. The molecule has 22 heteroatoms. The Morgan fingerprint density at radius 1 is 0.318 bits per heavy atom. The smallest absolute Gasteiger partial charge is 5.00 e. The van der Waals surface area contributed by atoms with Gasteiger partial charge in [0.2, 0.25) is 0 Å². The first kappa shape index (κ1) is 44.6. The Kier molecular flexibility index (Phi) is 80.0. The summed E-state index contributed by atoms with van der Waals surface area (Å²) in [7, 11) is 0. The third-order valence-corrected chi connectivity index (χ3v) is 0. The van der Waals surface area contributed by atoms with Crippen LogP contribution in [-0.2, 0) is 147 Å². The van der Waals surface area contributed by atoms with Gasteiger partial charge in [0.1, 0.15) is 0 Å². The van der Waals surface area contributed by atoms with Crippen molar-refractivity contribution in [2.75, 3.05) is 0 Å². The Morgan fingerprint density at radius 3 is 0.318 bits per heavy atom. The minimum Gasteiger partial charge on any atom is 5.00 e. The molecule has 0 aliphatic carbocycles. The molecule has 0 aliphatic heterocycles. The zero-order valence-electron chi connectivity index (χ0n) is 9.52. The van der Waals surface area contributed by atoms with Gasteiger partial charge in [-0.2, -0.15) is 0 Å². The SMILES string of the molecule is [O]=[Ti]([O-])[O-].[O]=[Ti]([O-])[O-].[O]=[Ti]([O-])[O-].[O]=[Ti]([O-])[O-].[O]=[Ti]([O-])[O-].[V+5].[V+5]. The monoisotopic (exact) mass is 582 g/mol. The minimum absolute atomic E-state index is 0. The predicted octanol–water partition coefficient (Wildman–Crippen LogP) is -12.5. The van der Waals surface area contributed by atoms with Crippen LogP contribution < -0.4 is 36.9 Å². The molecular formula is O15Ti5V2. The molecule has 22 heavy (non-hydrogen) atoms. The van der Waals surface area contributed by atoms with Crippen LogP contribution in [0, 0.1) is 0 Å². The summed E-state index contributed by atoms with van der Waals surface area (Å²) in [4.78, 5) is 0. The molecule has 0 saturated heterocycles. The second kappa shape index (κ2) is 39.4. The van der Waals surface area contributed by atoms with Crippen molar-refractivity contribution >= 4 is 0 Å². The van der Waals surface area contributed by atoms with Crippen molar-refractivity contribution < 1.29 is 184 Å². The van der Waals surface area contributed by atoms with Gasteiger partial charge in [-0.25, -0.2) is 0 Å². The summed E-state index contributed by atoms with van der Waals surface area (Å²) in [5.41, 5.74) is 0. The summed E-state index contributed by atoms with van der Waals surface area (Å²) >= 11 is -20.4. The van der Waals surface area contributed by atoms with Crippen molar-refractivity contribution in [3.8, 4) is 0 Å². The summed E-state index contributed by atoms with van der Waals surface area (Å²) in [5.74, 6) is 0. The number of rotatable bonds is 0. The molecule has 0 spiro atoms. The van der Waals surface area contributed by atoms with Gasteiger partial charge in [-0.05, 0) is 0 Å². The summed E-state index contributed by atoms with van der Waals surface area (Å²) in [5, 5.41) is 0. The largest absolute Gasteiger partial charge is 5.00 e. The first-order valence-electron chi connectivity index (χ1n) is 3.06. The second-order valence-corrected chi connectivity index (χ2v) is 5.15. The molecule has 0 heterocycles. The Labute approximate surface area is 180 Å². The van der Waals surface area contributed by atoms with Gasteiger partial charge in [0, 0.05) is 0 Å². The van der Waals surface area contributed by atoms with Gasteiger partial charge in [-0.3, -0.25) is 0 Å². The first-order valence-corrected chi connectivity index (χ1v) is 12.6. The van der Waals surface area contributed by atoms with E-state index < -0.39 is 93.1 Å². The molecule has 120 valence electrons. The molecule has 0 aliphatic rings. The van der Waals surface area contributed by atoms with E-state index in [1.807, 2.05) is 0 Å². The molecule has 0 aromatic rings. The summed E-state index contributed by atoms with van der Waals surface area (Å²) in [6, 6.07) is 0. The fourth-order valence-electron chi connectivity index (χ4n) is 0. The van der Waals surface area contributed by atoms with Gasteiger partial charge in [-0.15, -0.1) is 0 Å². The molecule has 0 atom stereocenters. The van der Waals surface area contributed by atoms with E-state index in [0.29, 0.717) is 0 Å². The summed E-state index contributed by atoms with van der Waals surface area (Å²) < 4.78 is 129. The maximum Gasteiger partial charge on any atom is 5.00 e. The first-order chi connectivity index (χ1) is 8.66. The molecule has 0 aromatic heterocycles. The second-order valence-electron chi connectivity index (χ2n) is 1.25. The van der Waals surface area contributed by atoms with E-state index in [9.17, 15) is 0 Å². The topological polar surface area (TPSA) is 316 Å². The fourth-order valence-corrected chi connectivity index (χ4v) is 0. The molecule has 0 amide bonds. The van der Waals surface area contributed by atoms with Crippen LogP contribution in [0.15, 0.2) is 0 Å². The third kappa shape index (κ3) is 1040. The minimum atomic E-state index is -4.08. The fraction of sp³-hybridized carbons (Fsp3) is 0. The van der Waals surface area contributed by atoms with E-state index in [4.69, 9.17) is 53.5 Å². The molecule has 0 rings (SSSR count). The van der Waals surface area contributed by atoms with Crippen molar-refractivity contribution in [3.63, 3.8) is 0 Å². The van der Waals surface area contributed by atoms with Gasteiger partial charge in [0.25, 0.3) is 0 Å². The maximum atomic E-state index is 8.58. The van der Waals surface area contributed by atoms with Crippen LogP contribution in [0.2, 0.25) is 0 Å². The van der Waals surface area contributed by atoms with E-state index in [0.717, 1.165) is 0 Å². The molecule has 15 nitrogen and oxygen atoms in total. The van der Waals surface area contributed by atoms with E-state index in [-0.39, 0.29) is 37.1 Å². The van der Waals surface area contributed by atoms with Crippen LogP contribution in [-0.4, -0.2) is 0 Å². The third-order valence-electron chi connectivity index (χ3n) is 0. The van der Waals surface area contributed by atoms with Crippen molar-refractivity contribution in [2.45, 2.75) is 0 Å². The van der Waals surface area contributed by atoms with Crippen molar-refractivity contribution in [1.82, 2.24) is 0 Å². The van der Waals surface area contributed by atoms with Gasteiger partial charge < -0.3 is 0 Å². The summed E-state index contributed by atoms with van der Waals surface area (Å²) in [6.45, 7) is 0. The normalized spacial score (nSPS) is 5.91. The molecule has 0 fully saturated rings. The van der Waals surface area contributed by atoms with Crippen molar-refractivity contribution in [2.24, 2.45) is 0 Å². The Hall–Kier alpha value is 3.34.